The molecule has 2 rings (SSSR count). The van der Waals surface area contributed by atoms with Crippen LogP contribution in [0.2, 0.25) is 0 Å². The van der Waals surface area contributed by atoms with Crippen LogP contribution in [0.5, 0.6) is 5.75 Å². The number of nitrogens with zero attached hydrogens (tertiary/aromatic N) is 1. The first-order chi connectivity index (χ1) is 9.56. The van der Waals surface area contributed by atoms with Gasteiger partial charge in [0.2, 0.25) is 0 Å². The molecule has 1 aliphatic carbocycles. The summed E-state index contributed by atoms with van der Waals surface area (Å²) in [5, 5.41) is 9.19. The lowest BCUT2D eigenvalue weighted by molar-refractivity contribution is 0.120. The Morgan fingerprint density at radius 1 is 1.20 bits per heavy atom. The van der Waals surface area contributed by atoms with Gasteiger partial charge in [0.25, 0.3) is 0 Å². The summed E-state index contributed by atoms with van der Waals surface area (Å²) in [6.45, 7) is 6.73. The van der Waals surface area contributed by atoms with Gasteiger partial charge in [-0.3, -0.25) is 0 Å². The third-order valence-electron chi connectivity index (χ3n) is 4.68. The van der Waals surface area contributed by atoms with Gasteiger partial charge in [-0.2, -0.15) is 5.26 Å². The molecule has 108 valence electrons. The smallest absolute Gasteiger partial charge is 0.119 e. The summed E-state index contributed by atoms with van der Waals surface area (Å²) in [4.78, 5) is 0. The summed E-state index contributed by atoms with van der Waals surface area (Å²) in [6, 6.07) is 10.8. The Kier molecular flexibility index (Phi) is 4.70. The van der Waals surface area contributed by atoms with E-state index in [1.807, 2.05) is 0 Å². The van der Waals surface area contributed by atoms with Crippen LogP contribution in [0, 0.1) is 17.2 Å². The normalized spacial score (nSPS) is 23.1. The molecule has 2 atom stereocenters. The molecule has 1 aromatic carbocycles. The van der Waals surface area contributed by atoms with Crippen molar-refractivity contribution in [2.75, 3.05) is 0 Å². The zero-order chi connectivity index (χ0) is 14.6. The van der Waals surface area contributed by atoms with Gasteiger partial charge in [0.15, 0.2) is 0 Å². The first kappa shape index (κ1) is 14.9. The lowest BCUT2D eigenvalue weighted by atomic mass is 9.82. The van der Waals surface area contributed by atoms with Crippen LogP contribution in [0.3, 0.4) is 0 Å². The Balaban J connectivity index is 2.05. The highest BCUT2D eigenvalue weighted by atomic mass is 16.5. The molecule has 0 amide bonds. The number of hydrogen-bond acceptors (Lipinski definition) is 2. The van der Waals surface area contributed by atoms with Crippen LogP contribution in [0.1, 0.15) is 58.4 Å². The third-order valence-corrected chi connectivity index (χ3v) is 4.68. The van der Waals surface area contributed by atoms with Crippen molar-refractivity contribution in [1.82, 2.24) is 0 Å². The Morgan fingerprint density at radius 2 is 1.85 bits per heavy atom. The van der Waals surface area contributed by atoms with Crippen LogP contribution in [0.4, 0.5) is 0 Å². The molecule has 1 aromatic rings. The third kappa shape index (κ3) is 3.33. The van der Waals surface area contributed by atoms with E-state index in [0.717, 1.165) is 31.4 Å². The van der Waals surface area contributed by atoms with Crippen LogP contribution in [-0.4, -0.2) is 6.10 Å². The SMILES string of the molecule is CCC(C)(C)c1ccc(OC2CCCCC2C#N)cc1. The largest absolute Gasteiger partial charge is 0.489 e. The summed E-state index contributed by atoms with van der Waals surface area (Å²) in [7, 11) is 0. The van der Waals surface area contributed by atoms with E-state index in [9.17, 15) is 5.26 Å². The van der Waals surface area contributed by atoms with Gasteiger partial charge in [0.05, 0.1) is 12.0 Å². The van der Waals surface area contributed by atoms with E-state index in [1.54, 1.807) is 0 Å². The molecule has 0 saturated heterocycles. The predicted molar refractivity (Wildman–Crippen MR) is 81.7 cm³/mol. The van der Waals surface area contributed by atoms with Gasteiger partial charge in [-0.25, -0.2) is 0 Å². The average Bonchev–Trinajstić information content (AvgIpc) is 2.48. The lowest BCUT2D eigenvalue weighted by Crippen LogP contribution is -2.29. The lowest BCUT2D eigenvalue weighted by Gasteiger charge is -2.28. The highest BCUT2D eigenvalue weighted by Crippen LogP contribution is 2.31. The second-order valence-corrected chi connectivity index (χ2v) is 6.44. The molecule has 2 nitrogen and oxygen atoms in total. The fourth-order valence-electron chi connectivity index (χ4n) is 2.75. The molecule has 1 fully saturated rings. The van der Waals surface area contributed by atoms with Gasteiger partial charge in [-0.05, 0) is 48.8 Å². The molecule has 2 unspecified atom stereocenters. The maximum atomic E-state index is 9.19. The molecule has 20 heavy (non-hydrogen) atoms. The van der Waals surface area contributed by atoms with Crippen LogP contribution in [0.25, 0.3) is 0 Å². The summed E-state index contributed by atoms with van der Waals surface area (Å²) in [6.07, 6.45) is 5.49. The van der Waals surface area contributed by atoms with E-state index in [0.29, 0.717) is 0 Å². The summed E-state index contributed by atoms with van der Waals surface area (Å²) in [5.74, 6) is 0.948. The van der Waals surface area contributed by atoms with Gasteiger partial charge in [-0.15, -0.1) is 0 Å². The minimum absolute atomic E-state index is 0.0514. The molecule has 0 heterocycles. The summed E-state index contributed by atoms with van der Waals surface area (Å²) < 4.78 is 6.04. The van der Waals surface area contributed by atoms with Crippen molar-refractivity contribution in [3.8, 4) is 11.8 Å². The molecule has 2 heteroatoms. The van der Waals surface area contributed by atoms with Crippen LogP contribution in [0.15, 0.2) is 24.3 Å². The first-order valence-corrected chi connectivity index (χ1v) is 7.73. The van der Waals surface area contributed by atoms with Crippen molar-refractivity contribution in [2.45, 2.75) is 64.4 Å². The maximum absolute atomic E-state index is 9.19. The van der Waals surface area contributed by atoms with E-state index in [4.69, 9.17) is 4.74 Å². The van der Waals surface area contributed by atoms with Crippen molar-refractivity contribution in [1.29, 1.82) is 5.26 Å². The number of rotatable bonds is 4. The van der Waals surface area contributed by atoms with E-state index < -0.39 is 0 Å². The number of ether oxygens (including phenoxy) is 1. The monoisotopic (exact) mass is 271 g/mol. The Bertz CT molecular complexity index is 469. The predicted octanol–water partition coefficient (Wildman–Crippen LogP) is 4.84. The zero-order valence-corrected chi connectivity index (χ0v) is 12.9. The molecule has 0 aliphatic heterocycles. The molecular weight excluding hydrogens is 246 g/mol. The minimum atomic E-state index is 0.0514. The molecule has 1 saturated carbocycles. The molecule has 0 bridgehead atoms. The van der Waals surface area contributed by atoms with Crippen LogP contribution in [-0.2, 0) is 5.41 Å². The van der Waals surface area contributed by atoms with E-state index >= 15 is 0 Å². The second-order valence-electron chi connectivity index (χ2n) is 6.44. The topological polar surface area (TPSA) is 33.0 Å². The number of hydrogen-bond donors (Lipinski definition) is 0. The van der Waals surface area contributed by atoms with Gasteiger partial charge >= 0.3 is 0 Å². The molecule has 0 spiro atoms. The van der Waals surface area contributed by atoms with Crippen molar-refractivity contribution < 1.29 is 4.74 Å². The zero-order valence-electron chi connectivity index (χ0n) is 12.9. The van der Waals surface area contributed by atoms with E-state index in [1.165, 1.54) is 12.0 Å². The molecule has 0 aromatic heterocycles. The summed E-state index contributed by atoms with van der Waals surface area (Å²) >= 11 is 0. The Morgan fingerprint density at radius 3 is 2.45 bits per heavy atom. The average molecular weight is 271 g/mol. The molecule has 0 N–H and O–H groups in total. The van der Waals surface area contributed by atoms with Crippen molar-refractivity contribution in [3.05, 3.63) is 29.8 Å². The highest BCUT2D eigenvalue weighted by Gasteiger charge is 2.26. The second kappa shape index (κ2) is 6.31. The Hall–Kier alpha value is -1.49. The molecule has 0 radical (unpaired) electrons. The Labute approximate surface area is 122 Å². The quantitative estimate of drug-likeness (QED) is 0.785. The van der Waals surface area contributed by atoms with E-state index in [-0.39, 0.29) is 17.4 Å². The standard InChI is InChI=1S/C18H25NO/c1-4-18(2,3)15-9-11-16(12-10-15)20-17-8-6-5-7-14(17)13-19/h9-12,14,17H,4-8H2,1-3H3. The minimum Gasteiger partial charge on any atom is -0.489 e. The molecule has 1 aliphatic rings. The highest BCUT2D eigenvalue weighted by molar-refractivity contribution is 5.31. The number of benzene rings is 1. The van der Waals surface area contributed by atoms with Gasteiger partial charge in [0.1, 0.15) is 11.9 Å². The first-order valence-electron chi connectivity index (χ1n) is 7.73. The van der Waals surface area contributed by atoms with Crippen molar-refractivity contribution in [2.24, 2.45) is 5.92 Å². The van der Waals surface area contributed by atoms with Crippen LogP contribution < -0.4 is 4.74 Å². The number of nitriles is 1. The maximum Gasteiger partial charge on any atom is 0.119 e. The van der Waals surface area contributed by atoms with Crippen molar-refractivity contribution >= 4 is 0 Å². The fourth-order valence-corrected chi connectivity index (χ4v) is 2.75. The van der Waals surface area contributed by atoms with Crippen LogP contribution >= 0.6 is 0 Å². The van der Waals surface area contributed by atoms with Gasteiger partial charge < -0.3 is 4.74 Å². The van der Waals surface area contributed by atoms with Crippen molar-refractivity contribution in [3.63, 3.8) is 0 Å². The fraction of sp³-hybridized carbons (Fsp3) is 0.611. The van der Waals surface area contributed by atoms with Gasteiger partial charge in [0, 0.05) is 0 Å². The van der Waals surface area contributed by atoms with E-state index in [2.05, 4.69) is 51.1 Å². The molecular formula is C18H25NO. The summed E-state index contributed by atoms with van der Waals surface area (Å²) in [5.41, 5.74) is 1.55. The van der Waals surface area contributed by atoms with Gasteiger partial charge in [-0.1, -0.05) is 39.3 Å².